The van der Waals surface area contributed by atoms with E-state index < -0.39 is 0 Å². The minimum Gasteiger partial charge on any atom is -0.455 e. The van der Waals surface area contributed by atoms with Gasteiger partial charge in [-0.25, -0.2) is 4.99 Å². The summed E-state index contributed by atoms with van der Waals surface area (Å²) in [6.45, 7) is 0. The molecule has 0 saturated carbocycles. The van der Waals surface area contributed by atoms with Crippen LogP contribution in [0.15, 0.2) is 161 Å². The molecule has 0 spiro atoms. The first-order valence-corrected chi connectivity index (χ1v) is 15.4. The van der Waals surface area contributed by atoms with Gasteiger partial charge in [-0.3, -0.25) is 5.32 Å². The molecule has 1 aliphatic heterocycles. The molecule has 4 heteroatoms. The highest BCUT2D eigenvalue weighted by Gasteiger charge is 2.28. The first-order chi connectivity index (χ1) is 22.3. The van der Waals surface area contributed by atoms with E-state index in [1.165, 1.54) is 27.1 Å². The lowest BCUT2D eigenvalue weighted by atomic mass is 9.92. The molecule has 0 fully saturated rings. The van der Waals surface area contributed by atoms with Gasteiger partial charge in [0.15, 0.2) is 0 Å². The molecule has 0 saturated heterocycles. The van der Waals surface area contributed by atoms with Gasteiger partial charge in [-0.1, -0.05) is 140 Å². The average molecular weight is 580 g/mol. The second-order valence-corrected chi connectivity index (χ2v) is 11.6. The van der Waals surface area contributed by atoms with Gasteiger partial charge in [-0.2, -0.15) is 0 Å². The summed E-state index contributed by atoms with van der Waals surface area (Å²) >= 11 is 0. The number of aliphatic imine (C=N–C) groups is 1. The quantitative estimate of drug-likeness (QED) is 0.204. The van der Waals surface area contributed by atoms with Gasteiger partial charge in [-0.05, 0) is 44.8 Å². The van der Waals surface area contributed by atoms with Crippen LogP contribution in [-0.4, -0.2) is 5.84 Å². The largest absolute Gasteiger partial charge is 0.455 e. The number of benzene rings is 7. The molecule has 45 heavy (non-hydrogen) atoms. The molecule has 0 bridgehead atoms. The van der Waals surface area contributed by atoms with E-state index in [1.54, 1.807) is 0 Å². The van der Waals surface area contributed by atoms with Crippen molar-refractivity contribution in [3.05, 3.63) is 168 Å². The standard InChI is InChI=1S/C41H29N3O/c1-3-13-26(14-4-1)39-42-40(27-15-5-2-6-16-27)44-41(43-39)34-23-12-24-36-37(34)33-22-11-21-32(38(33)45-36)35-25-28-17-7-8-18-29(28)30-19-9-10-20-31(30)35/h1-25,39,41,43H,(H,42,44). The van der Waals surface area contributed by atoms with Crippen LogP contribution in [-0.2, 0) is 0 Å². The van der Waals surface area contributed by atoms with Crippen LogP contribution in [0.2, 0.25) is 0 Å². The highest BCUT2D eigenvalue weighted by Crippen LogP contribution is 2.43. The zero-order valence-corrected chi connectivity index (χ0v) is 24.4. The van der Waals surface area contributed by atoms with Crippen molar-refractivity contribution in [3.63, 3.8) is 0 Å². The minimum atomic E-state index is -0.290. The van der Waals surface area contributed by atoms with Gasteiger partial charge in [-0.15, -0.1) is 0 Å². The first-order valence-electron chi connectivity index (χ1n) is 15.4. The molecule has 0 amide bonds. The van der Waals surface area contributed by atoms with Gasteiger partial charge in [0, 0.05) is 27.5 Å². The predicted molar refractivity (Wildman–Crippen MR) is 185 cm³/mol. The minimum absolute atomic E-state index is 0.114. The van der Waals surface area contributed by atoms with Crippen molar-refractivity contribution in [2.75, 3.05) is 0 Å². The molecule has 2 atom stereocenters. The Morgan fingerprint density at radius 1 is 0.556 bits per heavy atom. The monoisotopic (exact) mass is 579 g/mol. The van der Waals surface area contributed by atoms with E-state index in [0.29, 0.717) is 0 Å². The number of nitrogens with zero attached hydrogens (tertiary/aromatic N) is 1. The number of furan rings is 1. The maximum atomic E-state index is 6.76. The van der Waals surface area contributed by atoms with Crippen molar-refractivity contribution in [1.29, 1.82) is 0 Å². The summed E-state index contributed by atoms with van der Waals surface area (Å²) in [5.74, 6) is 0.862. The summed E-state index contributed by atoms with van der Waals surface area (Å²) in [5, 5.41) is 14.5. The Hall–Kier alpha value is -5.71. The molecule has 8 aromatic rings. The lowest BCUT2D eigenvalue weighted by Gasteiger charge is -2.32. The van der Waals surface area contributed by atoms with Crippen molar-refractivity contribution >= 4 is 49.3 Å². The maximum absolute atomic E-state index is 6.76. The summed E-state index contributed by atoms with van der Waals surface area (Å²) in [5.41, 5.74) is 7.30. The third-order valence-electron chi connectivity index (χ3n) is 8.95. The van der Waals surface area contributed by atoms with Crippen LogP contribution in [0.25, 0.3) is 54.6 Å². The Bertz CT molecular complexity index is 2390. The van der Waals surface area contributed by atoms with Crippen molar-refractivity contribution in [2.45, 2.75) is 12.3 Å². The van der Waals surface area contributed by atoms with E-state index in [9.17, 15) is 0 Å². The summed E-state index contributed by atoms with van der Waals surface area (Å²) < 4.78 is 6.76. The molecule has 1 aromatic heterocycles. The Morgan fingerprint density at radius 2 is 1.24 bits per heavy atom. The molecule has 1 aliphatic rings. The third kappa shape index (κ3) is 4.30. The zero-order chi connectivity index (χ0) is 29.7. The molecular formula is C41H29N3O. The average Bonchev–Trinajstić information content (AvgIpc) is 3.51. The van der Waals surface area contributed by atoms with Crippen LogP contribution in [0.1, 0.15) is 29.0 Å². The molecule has 0 radical (unpaired) electrons. The summed E-state index contributed by atoms with van der Waals surface area (Å²) in [4.78, 5) is 5.24. The first kappa shape index (κ1) is 25.8. The van der Waals surface area contributed by atoms with Crippen LogP contribution in [0.3, 0.4) is 0 Å². The Balaban J connectivity index is 1.25. The number of hydrogen-bond acceptors (Lipinski definition) is 4. The number of fused-ring (bicyclic) bond motifs is 6. The molecular weight excluding hydrogens is 550 g/mol. The van der Waals surface area contributed by atoms with Gasteiger partial charge in [0.25, 0.3) is 0 Å². The van der Waals surface area contributed by atoms with Crippen molar-refractivity contribution in [1.82, 2.24) is 10.6 Å². The molecule has 9 rings (SSSR count). The van der Waals surface area contributed by atoms with E-state index in [4.69, 9.17) is 9.41 Å². The van der Waals surface area contributed by atoms with E-state index in [-0.39, 0.29) is 12.3 Å². The fourth-order valence-corrected chi connectivity index (χ4v) is 6.87. The molecule has 2 unspecified atom stereocenters. The normalized spacial score (nSPS) is 16.7. The molecule has 2 N–H and O–H groups in total. The van der Waals surface area contributed by atoms with Gasteiger partial charge in [0.05, 0.1) is 0 Å². The zero-order valence-electron chi connectivity index (χ0n) is 24.4. The second-order valence-electron chi connectivity index (χ2n) is 11.6. The van der Waals surface area contributed by atoms with Crippen molar-refractivity contribution in [3.8, 4) is 11.1 Å². The highest BCUT2D eigenvalue weighted by molar-refractivity contribution is 6.18. The molecule has 214 valence electrons. The third-order valence-corrected chi connectivity index (χ3v) is 8.95. The summed E-state index contributed by atoms with van der Waals surface area (Å²) in [6.07, 6.45) is -0.404. The fourth-order valence-electron chi connectivity index (χ4n) is 6.87. The number of amidine groups is 1. The van der Waals surface area contributed by atoms with E-state index in [0.717, 1.165) is 50.0 Å². The van der Waals surface area contributed by atoms with Crippen LogP contribution in [0.4, 0.5) is 0 Å². The molecule has 4 nitrogen and oxygen atoms in total. The van der Waals surface area contributed by atoms with Crippen LogP contribution >= 0.6 is 0 Å². The van der Waals surface area contributed by atoms with E-state index in [2.05, 4.69) is 150 Å². The topological polar surface area (TPSA) is 49.6 Å². The number of hydrogen-bond donors (Lipinski definition) is 2. The second kappa shape index (κ2) is 10.5. The highest BCUT2D eigenvalue weighted by atomic mass is 16.3. The van der Waals surface area contributed by atoms with Crippen LogP contribution in [0, 0.1) is 0 Å². The Morgan fingerprint density at radius 3 is 2.09 bits per heavy atom. The van der Waals surface area contributed by atoms with E-state index in [1.807, 2.05) is 12.1 Å². The molecule has 2 heterocycles. The molecule has 0 aliphatic carbocycles. The van der Waals surface area contributed by atoms with Crippen LogP contribution in [0.5, 0.6) is 0 Å². The van der Waals surface area contributed by atoms with Crippen LogP contribution < -0.4 is 10.6 Å². The predicted octanol–water partition coefficient (Wildman–Crippen LogP) is 9.90. The van der Waals surface area contributed by atoms with Crippen molar-refractivity contribution < 1.29 is 4.42 Å². The lowest BCUT2D eigenvalue weighted by molar-refractivity contribution is 0.410. The van der Waals surface area contributed by atoms with Gasteiger partial charge in [0.1, 0.15) is 29.3 Å². The molecule has 7 aromatic carbocycles. The maximum Gasteiger partial charge on any atom is 0.143 e. The van der Waals surface area contributed by atoms with Gasteiger partial charge in [0.2, 0.25) is 0 Å². The number of para-hydroxylation sites is 1. The van der Waals surface area contributed by atoms with Crippen molar-refractivity contribution in [2.24, 2.45) is 4.99 Å². The Kier molecular flexibility index (Phi) is 6.00. The SMILES string of the molecule is c1ccc(C2=NC(c3cccc4oc5c(-c6cc7ccccc7c7ccccc67)cccc5c34)NC(c3ccccc3)N2)cc1. The van der Waals surface area contributed by atoms with Gasteiger partial charge >= 0.3 is 0 Å². The van der Waals surface area contributed by atoms with E-state index >= 15 is 0 Å². The number of nitrogens with one attached hydrogen (secondary N) is 2. The Labute approximate surface area is 260 Å². The fraction of sp³-hybridized carbons (Fsp3) is 0.0488. The summed E-state index contributed by atoms with van der Waals surface area (Å²) in [6, 6.07) is 53.2. The summed E-state index contributed by atoms with van der Waals surface area (Å²) in [7, 11) is 0. The smallest absolute Gasteiger partial charge is 0.143 e. The van der Waals surface area contributed by atoms with Gasteiger partial charge < -0.3 is 9.73 Å². The lowest BCUT2D eigenvalue weighted by Crippen LogP contribution is -2.44. The number of rotatable bonds is 4.